The average molecular weight is 528 g/mol. The van der Waals surface area contributed by atoms with Crippen LogP contribution >= 0.6 is 0 Å². The molecule has 1 aliphatic carbocycles. The maximum atomic E-state index is 13.7. The molecule has 2 aromatic carbocycles. The Hall–Kier alpha value is -4.73. The van der Waals surface area contributed by atoms with E-state index in [1.54, 1.807) is 35.4 Å². The summed E-state index contributed by atoms with van der Waals surface area (Å²) < 4.78 is 5.70. The lowest BCUT2D eigenvalue weighted by Crippen LogP contribution is -2.45. The van der Waals surface area contributed by atoms with Crippen molar-refractivity contribution in [3.8, 4) is 0 Å². The Bertz CT molecular complexity index is 1410. The highest BCUT2D eigenvalue weighted by Crippen LogP contribution is 2.46. The van der Waals surface area contributed by atoms with E-state index in [1.807, 2.05) is 49.4 Å². The SMILES string of the molecule is CNC(=O)Nc1ccc2c(c1)CC[C@@]21OC(=O)N(CC(=O)N(Cc2ccccc2)C(C)c2ccccn2)C1=O. The van der Waals surface area contributed by atoms with Gasteiger partial charge < -0.3 is 20.3 Å². The Morgan fingerprint density at radius 1 is 1.10 bits per heavy atom. The second-order valence-corrected chi connectivity index (χ2v) is 9.60. The van der Waals surface area contributed by atoms with Crippen molar-refractivity contribution >= 4 is 29.6 Å². The molecule has 5 amide bonds. The number of anilines is 1. The fourth-order valence-corrected chi connectivity index (χ4v) is 5.15. The van der Waals surface area contributed by atoms with Gasteiger partial charge in [-0.1, -0.05) is 42.5 Å². The van der Waals surface area contributed by atoms with Crippen molar-refractivity contribution in [1.82, 2.24) is 20.1 Å². The van der Waals surface area contributed by atoms with E-state index in [-0.39, 0.29) is 19.0 Å². The van der Waals surface area contributed by atoms with Crippen LogP contribution in [0.1, 0.15) is 41.8 Å². The second-order valence-electron chi connectivity index (χ2n) is 9.60. The molecule has 39 heavy (non-hydrogen) atoms. The van der Waals surface area contributed by atoms with Crippen LogP contribution in [-0.2, 0) is 32.9 Å². The zero-order chi connectivity index (χ0) is 27.6. The number of nitrogens with zero attached hydrogens (tertiary/aromatic N) is 3. The molecule has 2 heterocycles. The average Bonchev–Trinajstić information content (AvgIpc) is 3.43. The summed E-state index contributed by atoms with van der Waals surface area (Å²) in [4.78, 5) is 59.0. The molecule has 0 bridgehead atoms. The summed E-state index contributed by atoms with van der Waals surface area (Å²) in [5.41, 5.74) is 2.06. The predicted octanol–water partition coefficient (Wildman–Crippen LogP) is 3.74. The molecule has 0 radical (unpaired) electrons. The minimum Gasteiger partial charge on any atom is -0.427 e. The number of aryl methyl sites for hydroxylation is 1. The smallest absolute Gasteiger partial charge is 0.418 e. The van der Waals surface area contributed by atoms with E-state index in [1.165, 1.54) is 7.05 Å². The third-order valence-corrected chi connectivity index (χ3v) is 7.24. The number of aromatic nitrogens is 1. The largest absolute Gasteiger partial charge is 0.427 e. The van der Waals surface area contributed by atoms with Crippen LogP contribution in [-0.4, -0.2) is 52.3 Å². The van der Waals surface area contributed by atoms with Crippen LogP contribution in [0.25, 0.3) is 0 Å². The van der Waals surface area contributed by atoms with E-state index in [9.17, 15) is 19.2 Å². The Kier molecular flexibility index (Phi) is 7.02. The Morgan fingerprint density at radius 2 is 1.87 bits per heavy atom. The van der Waals surface area contributed by atoms with Crippen LogP contribution in [0.4, 0.5) is 15.3 Å². The molecule has 1 spiro atoms. The van der Waals surface area contributed by atoms with Gasteiger partial charge in [-0.2, -0.15) is 0 Å². The van der Waals surface area contributed by atoms with Crippen molar-refractivity contribution in [3.63, 3.8) is 0 Å². The molecule has 1 aliphatic heterocycles. The number of fused-ring (bicyclic) bond motifs is 2. The molecular weight excluding hydrogens is 498 g/mol. The number of ether oxygens (including phenoxy) is 1. The van der Waals surface area contributed by atoms with Crippen LogP contribution in [0.5, 0.6) is 0 Å². The van der Waals surface area contributed by atoms with Gasteiger partial charge in [-0.05, 0) is 48.7 Å². The molecular formula is C29H29N5O5. The van der Waals surface area contributed by atoms with Crippen molar-refractivity contribution in [1.29, 1.82) is 0 Å². The Labute approximate surface area is 226 Å². The van der Waals surface area contributed by atoms with Gasteiger partial charge in [-0.3, -0.25) is 14.6 Å². The maximum absolute atomic E-state index is 13.7. The molecule has 200 valence electrons. The predicted molar refractivity (Wildman–Crippen MR) is 142 cm³/mol. The summed E-state index contributed by atoms with van der Waals surface area (Å²) in [6.45, 7) is 1.70. The van der Waals surface area contributed by atoms with E-state index >= 15 is 0 Å². The third kappa shape index (κ3) is 4.93. The van der Waals surface area contributed by atoms with Crippen molar-refractivity contribution < 1.29 is 23.9 Å². The van der Waals surface area contributed by atoms with Crippen molar-refractivity contribution in [3.05, 3.63) is 95.3 Å². The number of amides is 5. The second kappa shape index (κ2) is 10.6. The molecule has 0 saturated carbocycles. The molecule has 2 aliphatic rings. The molecule has 1 aromatic heterocycles. The normalized spacial score (nSPS) is 18.5. The Balaban J connectivity index is 1.38. The first-order valence-corrected chi connectivity index (χ1v) is 12.7. The lowest BCUT2D eigenvalue weighted by molar-refractivity contribution is -0.143. The van der Waals surface area contributed by atoms with Crippen LogP contribution in [0, 0.1) is 0 Å². The van der Waals surface area contributed by atoms with E-state index < -0.39 is 36.1 Å². The van der Waals surface area contributed by atoms with Gasteiger partial charge in [0.25, 0.3) is 5.91 Å². The van der Waals surface area contributed by atoms with Crippen LogP contribution in [0.2, 0.25) is 0 Å². The van der Waals surface area contributed by atoms with Gasteiger partial charge in [0.1, 0.15) is 6.54 Å². The number of pyridine rings is 1. The van der Waals surface area contributed by atoms with E-state index in [0.29, 0.717) is 23.4 Å². The highest BCUT2D eigenvalue weighted by molar-refractivity contribution is 6.06. The first-order valence-electron chi connectivity index (χ1n) is 12.7. The van der Waals surface area contributed by atoms with Gasteiger partial charge in [0.2, 0.25) is 11.5 Å². The Morgan fingerprint density at radius 3 is 2.59 bits per heavy atom. The summed E-state index contributed by atoms with van der Waals surface area (Å²) in [6, 6.07) is 19.3. The molecule has 3 aromatic rings. The standard InChI is InChI=1S/C29H29N5O5/c1-19(24-10-6-7-15-31-24)33(17-20-8-4-3-5-9-20)25(35)18-34-26(36)29(39-28(34)38)14-13-21-16-22(11-12-23(21)29)32-27(37)30-2/h3-12,15-16,19H,13-14,17-18H2,1-2H3,(H2,30,32,37)/t19?,29-/m1/s1. The number of hydrogen-bond acceptors (Lipinski definition) is 6. The molecule has 1 fully saturated rings. The van der Waals surface area contributed by atoms with Gasteiger partial charge in [-0.25, -0.2) is 14.5 Å². The van der Waals surface area contributed by atoms with Crippen LogP contribution in [0.3, 0.4) is 0 Å². The van der Waals surface area contributed by atoms with Crippen molar-refractivity contribution in [2.45, 2.75) is 38.0 Å². The zero-order valence-corrected chi connectivity index (χ0v) is 21.7. The van der Waals surface area contributed by atoms with Crippen LogP contribution < -0.4 is 10.6 Å². The van der Waals surface area contributed by atoms with Crippen molar-refractivity contribution in [2.75, 3.05) is 18.9 Å². The highest BCUT2D eigenvalue weighted by atomic mass is 16.6. The number of benzene rings is 2. The van der Waals surface area contributed by atoms with E-state index in [0.717, 1.165) is 16.0 Å². The zero-order valence-electron chi connectivity index (χ0n) is 21.7. The fraction of sp³-hybridized carbons (Fsp3) is 0.276. The summed E-state index contributed by atoms with van der Waals surface area (Å²) in [6.07, 6.45) is 1.56. The summed E-state index contributed by atoms with van der Waals surface area (Å²) in [5.74, 6) is -0.959. The highest BCUT2D eigenvalue weighted by Gasteiger charge is 2.58. The topological polar surface area (TPSA) is 121 Å². The van der Waals surface area contributed by atoms with Gasteiger partial charge in [-0.15, -0.1) is 0 Å². The van der Waals surface area contributed by atoms with E-state index in [2.05, 4.69) is 15.6 Å². The molecule has 1 saturated heterocycles. The van der Waals surface area contributed by atoms with Crippen molar-refractivity contribution in [2.24, 2.45) is 0 Å². The number of hydrogen-bond donors (Lipinski definition) is 2. The molecule has 5 rings (SSSR count). The van der Waals surface area contributed by atoms with Gasteiger partial charge in [0, 0.05) is 37.5 Å². The number of rotatable bonds is 7. The summed E-state index contributed by atoms with van der Waals surface area (Å²) in [7, 11) is 1.52. The molecule has 1 unspecified atom stereocenters. The summed E-state index contributed by atoms with van der Waals surface area (Å²) in [5, 5.41) is 5.19. The minimum absolute atomic E-state index is 0.263. The number of urea groups is 1. The lowest BCUT2D eigenvalue weighted by atomic mass is 9.94. The number of carbonyl (C=O) groups excluding carboxylic acids is 4. The van der Waals surface area contributed by atoms with Gasteiger partial charge in [0.15, 0.2) is 0 Å². The molecule has 10 heteroatoms. The van der Waals surface area contributed by atoms with Crippen LogP contribution in [0.15, 0.2) is 72.9 Å². The molecule has 2 atom stereocenters. The number of nitrogens with one attached hydrogen (secondary N) is 2. The minimum atomic E-state index is -1.48. The van der Waals surface area contributed by atoms with Gasteiger partial charge >= 0.3 is 12.1 Å². The number of carbonyl (C=O) groups is 4. The third-order valence-electron chi connectivity index (χ3n) is 7.24. The maximum Gasteiger partial charge on any atom is 0.418 e. The quantitative estimate of drug-likeness (QED) is 0.483. The molecule has 10 nitrogen and oxygen atoms in total. The fourth-order valence-electron chi connectivity index (χ4n) is 5.15. The van der Waals surface area contributed by atoms with Gasteiger partial charge in [0.05, 0.1) is 11.7 Å². The lowest BCUT2D eigenvalue weighted by Gasteiger charge is -2.30. The van der Waals surface area contributed by atoms with E-state index in [4.69, 9.17) is 4.74 Å². The number of imide groups is 1. The first-order chi connectivity index (χ1) is 18.8. The summed E-state index contributed by atoms with van der Waals surface area (Å²) >= 11 is 0. The monoisotopic (exact) mass is 527 g/mol. The molecule has 2 N–H and O–H groups in total. The first kappa shape index (κ1) is 25.9.